The number of aryl methyl sites for hydroxylation is 2. The van der Waals surface area contributed by atoms with Gasteiger partial charge in [-0.25, -0.2) is 9.97 Å². The molecule has 1 aromatic rings. The van der Waals surface area contributed by atoms with E-state index in [4.69, 9.17) is 10.00 Å². The Morgan fingerprint density at radius 2 is 2.00 bits per heavy atom. The van der Waals surface area contributed by atoms with Crippen molar-refractivity contribution in [3.8, 4) is 11.8 Å². The Hall–Kier alpha value is -1.63. The molecular weight excluding hydrogens is 178 g/mol. The summed E-state index contributed by atoms with van der Waals surface area (Å²) >= 11 is 0. The van der Waals surface area contributed by atoms with E-state index in [1.165, 1.54) is 0 Å². The van der Waals surface area contributed by atoms with Gasteiger partial charge in [-0.15, -0.1) is 0 Å². The van der Waals surface area contributed by atoms with Crippen molar-refractivity contribution in [2.75, 3.05) is 7.11 Å². The van der Waals surface area contributed by atoms with E-state index in [0.29, 0.717) is 17.3 Å². The second kappa shape index (κ2) is 4.56. The number of aromatic nitrogens is 2. The quantitative estimate of drug-likeness (QED) is 0.725. The number of rotatable bonds is 3. The summed E-state index contributed by atoms with van der Waals surface area (Å²) < 4.78 is 5.20. The Morgan fingerprint density at radius 1 is 1.36 bits per heavy atom. The zero-order valence-electron chi connectivity index (χ0n) is 8.66. The predicted octanol–water partition coefficient (Wildman–Crippen LogP) is 1.42. The summed E-state index contributed by atoms with van der Waals surface area (Å²) in [5.41, 5.74) is 1.55. The van der Waals surface area contributed by atoms with Gasteiger partial charge in [0.25, 0.3) is 0 Å². The lowest BCUT2D eigenvalue weighted by Gasteiger charge is -2.09. The van der Waals surface area contributed by atoms with Crippen LogP contribution < -0.4 is 4.74 Å². The molecule has 0 fully saturated rings. The van der Waals surface area contributed by atoms with Crippen molar-refractivity contribution in [2.24, 2.45) is 0 Å². The summed E-state index contributed by atoms with van der Waals surface area (Å²) in [7, 11) is 1.58. The van der Waals surface area contributed by atoms with Gasteiger partial charge < -0.3 is 4.74 Å². The Morgan fingerprint density at radius 3 is 2.50 bits per heavy atom. The predicted molar refractivity (Wildman–Crippen MR) is 52.0 cm³/mol. The van der Waals surface area contributed by atoms with Crippen LogP contribution in [0.25, 0.3) is 0 Å². The van der Waals surface area contributed by atoms with Gasteiger partial charge in [0.15, 0.2) is 5.75 Å². The second-order valence-electron chi connectivity index (χ2n) is 2.89. The molecule has 74 valence electrons. The molecular formula is C10H13N3O. The highest BCUT2D eigenvalue weighted by Gasteiger charge is 2.11. The number of nitriles is 1. The molecule has 0 unspecified atom stereocenters. The summed E-state index contributed by atoms with van der Waals surface area (Å²) in [4.78, 5) is 8.44. The second-order valence-corrected chi connectivity index (χ2v) is 2.89. The van der Waals surface area contributed by atoms with Crippen LogP contribution in [0.15, 0.2) is 0 Å². The molecule has 0 aliphatic rings. The van der Waals surface area contributed by atoms with E-state index >= 15 is 0 Å². The van der Waals surface area contributed by atoms with Gasteiger partial charge in [0.2, 0.25) is 0 Å². The van der Waals surface area contributed by atoms with E-state index in [1.54, 1.807) is 7.11 Å². The maximum atomic E-state index is 8.63. The monoisotopic (exact) mass is 191 g/mol. The lowest BCUT2D eigenvalue weighted by atomic mass is 10.2. The topological polar surface area (TPSA) is 58.8 Å². The van der Waals surface area contributed by atoms with Gasteiger partial charge in [0.1, 0.15) is 11.5 Å². The van der Waals surface area contributed by atoms with Crippen molar-refractivity contribution in [1.29, 1.82) is 5.26 Å². The smallest absolute Gasteiger partial charge is 0.162 e. The molecule has 0 atom stereocenters. The van der Waals surface area contributed by atoms with Crippen molar-refractivity contribution < 1.29 is 4.74 Å². The highest BCUT2D eigenvalue weighted by molar-refractivity contribution is 5.34. The summed E-state index contributed by atoms with van der Waals surface area (Å²) in [5, 5.41) is 8.63. The molecule has 0 N–H and O–H groups in total. The molecule has 0 spiro atoms. The van der Waals surface area contributed by atoms with Crippen molar-refractivity contribution in [1.82, 2.24) is 9.97 Å². The average Bonchev–Trinajstić information content (AvgIpc) is 2.17. The fourth-order valence-electron chi connectivity index (χ4n) is 1.35. The van der Waals surface area contributed by atoms with Crippen molar-refractivity contribution in [3.63, 3.8) is 0 Å². The van der Waals surface area contributed by atoms with Crippen LogP contribution in [0.1, 0.15) is 24.1 Å². The van der Waals surface area contributed by atoms with Crippen LogP contribution in [-0.4, -0.2) is 17.1 Å². The molecule has 0 saturated carbocycles. The lowest BCUT2D eigenvalue weighted by Crippen LogP contribution is -2.04. The van der Waals surface area contributed by atoms with Crippen LogP contribution >= 0.6 is 0 Å². The van der Waals surface area contributed by atoms with Gasteiger partial charge in [-0.1, -0.05) is 6.92 Å². The molecule has 4 nitrogen and oxygen atoms in total. The third-order valence-electron chi connectivity index (χ3n) is 1.90. The highest BCUT2D eigenvalue weighted by Crippen LogP contribution is 2.21. The van der Waals surface area contributed by atoms with Crippen molar-refractivity contribution in [2.45, 2.75) is 26.7 Å². The van der Waals surface area contributed by atoms with Crippen molar-refractivity contribution >= 4 is 0 Å². The van der Waals surface area contributed by atoms with Crippen LogP contribution in [0.5, 0.6) is 5.75 Å². The third kappa shape index (κ3) is 1.99. The number of methoxy groups -OCH3 is 1. The zero-order valence-corrected chi connectivity index (χ0v) is 8.66. The third-order valence-corrected chi connectivity index (χ3v) is 1.90. The van der Waals surface area contributed by atoms with E-state index in [1.807, 2.05) is 13.8 Å². The summed E-state index contributed by atoms with van der Waals surface area (Å²) in [6, 6.07) is 2.07. The number of nitrogens with zero attached hydrogens (tertiary/aromatic N) is 3. The first-order chi connectivity index (χ1) is 6.72. The van der Waals surface area contributed by atoms with Gasteiger partial charge in [-0.2, -0.15) is 5.26 Å². The van der Waals surface area contributed by atoms with Gasteiger partial charge in [0, 0.05) is 0 Å². The van der Waals surface area contributed by atoms with E-state index in [0.717, 1.165) is 12.1 Å². The molecule has 4 heteroatoms. The Labute approximate surface area is 83.6 Å². The minimum atomic E-state index is 0.263. The van der Waals surface area contributed by atoms with Crippen molar-refractivity contribution in [3.05, 3.63) is 17.2 Å². The fourth-order valence-corrected chi connectivity index (χ4v) is 1.35. The van der Waals surface area contributed by atoms with Gasteiger partial charge in [0.05, 0.1) is 25.3 Å². The summed E-state index contributed by atoms with van der Waals surface area (Å²) in [5.74, 6) is 1.34. The minimum Gasteiger partial charge on any atom is -0.493 e. The highest BCUT2D eigenvalue weighted by atomic mass is 16.5. The molecule has 1 aromatic heterocycles. The molecule has 0 aliphatic heterocycles. The Balaban J connectivity index is 3.25. The summed E-state index contributed by atoms with van der Waals surface area (Å²) in [6.07, 6.45) is 1.05. The van der Waals surface area contributed by atoms with Crippen LogP contribution in [-0.2, 0) is 12.8 Å². The first-order valence-corrected chi connectivity index (χ1v) is 4.50. The molecule has 0 aliphatic carbocycles. The standard InChI is InChI=1S/C10H13N3O/c1-4-8-10(14-3)9(5-6-11)13-7(2)12-8/h4-5H2,1-3H3. The van der Waals surface area contributed by atoms with E-state index in [2.05, 4.69) is 16.0 Å². The van der Waals surface area contributed by atoms with E-state index in [9.17, 15) is 0 Å². The molecule has 1 rings (SSSR count). The lowest BCUT2D eigenvalue weighted by molar-refractivity contribution is 0.399. The number of ether oxygens (including phenoxy) is 1. The first kappa shape index (κ1) is 10.5. The zero-order chi connectivity index (χ0) is 10.6. The van der Waals surface area contributed by atoms with Crippen LogP contribution in [0.2, 0.25) is 0 Å². The maximum Gasteiger partial charge on any atom is 0.162 e. The summed E-state index contributed by atoms with van der Waals surface area (Å²) in [6.45, 7) is 3.82. The maximum absolute atomic E-state index is 8.63. The Kier molecular flexibility index (Phi) is 3.41. The minimum absolute atomic E-state index is 0.263. The number of hydrogen-bond acceptors (Lipinski definition) is 4. The van der Waals surface area contributed by atoms with E-state index < -0.39 is 0 Å². The number of hydrogen-bond donors (Lipinski definition) is 0. The molecule has 0 bridgehead atoms. The van der Waals surface area contributed by atoms with Gasteiger partial charge in [-0.3, -0.25) is 0 Å². The molecule has 14 heavy (non-hydrogen) atoms. The Bertz CT molecular complexity index is 368. The first-order valence-electron chi connectivity index (χ1n) is 4.50. The van der Waals surface area contributed by atoms with E-state index in [-0.39, 0.29) is 6.42 Å². The van der Waals surface area contributed by atoms with Gasteiger partial charge >= 0.3 is 0 Å². The largest absolute Gasteiger partial charge is 0.493 e. The van der Waals surface area contributed by atoms with Crippen LogP contribution in [0, 0.1) is 18.3 Å². The SMILES string of the molecule is CCc1nc(C)nc(CC#N)c1OC. The molecule has 0 radical (unpaired) electrons. The molecule has 0 saturated heterocycles. The van der Waals surface area contributed by atoms with Crippen LogP contribution in [0.4, 0.5) is 0 Å². The molecule has 0 aromatic carbocycles. The van der Waals surface area contributed by atoms with Gasteiger partial charge in [-0.05, 0) is 13.3 Å². The van der Waals surface area contributed by atoms with Crippen LogP contribution in [0.3, 0.4) is 0 Å². The molecule has 1 heterocycles. The fraction of sp³-hybridized carbons (Fsp3) is 0.500. The normalized spacial score (nSPS) is 9.57. The average molecular weight is 191 g/mol. The molecule has 0 amide bonds.